The predicted octanol–water partition coefficient (Wildman–Crippen LogP) is 2.54. The SMILES string of the molecule is CCCC(N)C(=O)c1cccc2cccnc12. The van der Waals surface area contributed by atoms with E-state index in [1.54, 1.807) is 12.3 Å². The highest BCUT2D eigenvalue weighted by atomic mass is 16.1. The highest BCUT2D eigenvalue weighted by molar-refractivity contribution is 6.09. The Hall–Kier alpha value is -1.74. The molecule has 1 unspecified atom stereocenters. The first-order valence-corrected chi connectivity index (χ1v) is 5.87. The summed E-state index contributed by atoms with van der Waals surface area (Å²) in [6.45, 7) is 2.02. The summed E-state index contributed by atoms with van der Waals surface area (Å²) in [7, 11) is 0. The molecule has 0 aliphatic heterocycles. The zero-order chi connectivity index (χ0) is 12.3. The second kappa shape index (κ2) is 5.06. The fourth-order valence-electron chi connectivity index (χ4n) is 1.94. The highest BCUT2D eigenvalue weighted by Crippen LogP contribution is 2.17. The number of nitrogens with two attached hydrogens (primary N) is 1. The third kappa shape index (κ3) is 2.34. The van der Waals surface area contributed by atoms with Crippen molar-refractivity contribution in [3.63, 3.8) is 0 Å². The van der Waals surface area contributed by atoms with E-state index in [2.05, 4.69) is 4.98 Å². The molecule has 0 radical (unpaired) electrons. The number of pyridine rings is 1. The van der Waals surface area contributed by atoms with Gasteiger partial charge in [0.2, 0.25) is 0 Å². The first-order valence-electron chi connectivity index (χ1n) is 5.87. The lowest BCUT2D eigenvalue weighted by Crippen LogP contribution is -2.30. The molecule has 2 aromatic rings. The number of hydrogen-bond acceptors (Lipinski definition) is 3. The van der Waals surface area contributed by atoms with Crippen LogP contribution < -0.4 is 5.73 Å². The summed E-state index contributed by atoms with van der Waals surface area (Å²) in [5.41, 5.74) is 7.24. The van der Waals surface area contributed by atoms with Gasteiger partial charge in [-0.3, -0.25) is 9.78 Å². The standard InChI is InChI=1S/C14H16N2O/c1-2-5-12(15)14(17)11-8-3-6-10-7-4-9-16-13(10)11/h3-4,6-9,12H,2,5,15H2,1H3. The largest absolute Gasteiger partial charge is 0.321 e. The third-order valence-corrected chi connectivity index (χ3v) is 2.83. The first-order chi connectivity index (χ1) is 8.24. The number of benzene rings is 1. The zero-order valence-electron chi connectivity index (χ0n) is 9.89. The Morgan fingerprint density at radius 2 is 2.12 bits per heavy atom. The first kappa shape index (κ1) is 11.7. The molecule has 0 aliphatic rings. The summed E-state index contributed by atoms with van der Waals surface area (Å²) in [4.78, 5) is 16.5. The van der Waals surface area contributed by atoms with E-state index in [1.165, 1.54) is 0 Å². The van der Waals surface area contributed by atoms with Gasteiger partial charge in [0.15, 0.2) is 5.78 Å². The molecule has 0 spiro atoms. The van der Waals surface area contributed by atoms with Crippen LogP contribution in [0, 0.1) is 0 Å². The third-order valence-electron chi connectivity index (χ3n) is 2.83. The van der Waals surface area contributed by atoms with Crippen LogP contribution in [-0.2, 0) is 0 Å². The minimum atomic E-state index is -0.424. The maximum atomic E-state index is 12.2. The molecule has 1 aromatic heterocycles. The number of Topliss-reactive ketones (excluding diaryl/α,β-unsaturated/α-hetero) is 1. The van der Waals surface area contributed by atoms with Gasteiger partial charge in [-0.25, -0.2) is 0 Å². The van der Waals surface area contributed by atoms with Crippen LogP contribution in [0.25, 0.3) is 10.9 Å². The summed E-state index contributed by atoms with van der Waals surface area (Å²) < 4.78 is 0. The normalized spacial score (nSPS) is 12.6. The molecule has 88 valence electrons. The van der Waals surface area contributed by atoms with Gasteiger partial charge in [0, 0.05) is 17.1 Å². The monoisotopic (exact) mass is 228 g/mol. The molecule has 0 amide bonds. The van der Waals surface area contributed by atoms with Gasteiger partial charge in [0.05, 0.1) is 11.6 Å². The van der Waals surface area contributed by atoms with E-state index in [9.17, 15) is 4.79 Å². The molecule has 1 heterocycles. The average Bonchev–Trinajstić information content (AvgIpc) is 2.37. The van der Waals surface area contributed by atoms with Gasteiger partial charge >= 0.3 is 0 Å². The molecule has 1 aromatic carbocycles. The summed E-state index contributed by atoms with van der Waals surface area (Å²) in [5, 5.41) is 0.974. The number of carbonyl (C=O) groups excluding carboxylic acids is 1. The Morgan fingerprint density at radius 1 is 1.35 bits per heavy atom. The number of hydrogen-bond donors (Lipinski definition) is 1. The Labute approximate surface area is 101 Å². The number of carbonyl (C=O) groups is 1. The molecule has 0 aliphatic carbocycles. The van der Waals surface area contributed by atoms with Crippen molar-refractivity contribution in [1.82, 2.24) is 4.98 Å². The molecule has 17 heavy (non-hydrogen) atoms. The van der Waals surface area contributed by atoms with Crippen LogP contribution in [0.3, 0.4) is 0 Å². The van der Waals surface area contributed by atoms with Gasteiger partial charge in [-0.05, 0) is 18.6 Å². The summed E-state index contributed by atoms with van der Waals surface area (Å²) >= 11 is 0. The highest BCUT2D eigenvalue weighted by Gasteiger charge is 2.17. The molecule has 0 bridgehead atoms. The van der Waals surface area contributed by atoms with E-state index in [0.717, 1.165) is 17.3 Å². The molecule has 0 saturated carbocycles. The average molecular weight is 228 g/mol. The Morgan fingerprint density at radius 3 is 2.88 bits per heavy atom. The molecular weight excluding hydrogens is 212 g/mol. The van der Waals surface area contributed by atoms with E-state index < -0.39 is 6.04 Å². The molecular formula is C14H16N2O. The van der Waals surface area contributed by atoms with Crippen molar-refractivity contribution in [2.45, 2.75) is 25.8 Å². The zero-order valence-corrected chi connectivity index (χ0v) is 9.89. The van der Waals surface area contributed by atoms with Gasteiger partial charge < -0.3 is 5.73 Å². The van der Waals surface area contributed by atoms with Crippen LogP contribution in [0.15, 0.2) is 36.5 Å². The van der Waals surface area contributed by atoms with E-state index >= 15 is 0 Å². The lowest BCUT2D eigenvalue weighted by molar-refractivity contribution is 0.0958. The van der Waals surface area contributed by atoms with Crippen LogP contribution in [0.1, 0.15) is 30.1 Å². The Balaban J connectivity index is 2.45. The fourth-order valence-corrected chi connectivity index (χ4v) is 1.94. The van der Waals surface area contributed by atoms with Gasteiger partial charge in [0.1, 0.15) is 0 Å². The second-order valence-electron chi connectivity index (χ2n) is 4.14. The molecule has 2 N–H and O–H groups in total. The van der Waals surface area contributed by atoms with Gasteiger partial charge in [0.25, 0.3) is 0 Å². The smallest absolute Gasteiger partial charge is 0.181 e. The lowest BCUT2D eigenvalue weighted by Gasteiger charge is -2.10. The Kier molecular flexibility index (Phi) is 3.49. The quantitative estimate of drug-likeness (QED) is 0.818. The van der Waals surface area contributed by atoms with E-state index in [-0.39, 0.29) is 5.78 Å². The number of fused-ring (bicyclic) bond motifs is 1. The summed E-state index contributed by atoms with van der Waals surface area (Å²) in [6.07, 6.45) is 3.32. The van der Waals surface area contributed by atoms with Crippen molar-refractivity contribution in [3.05, 3.63) is 42.1 Å². The van der Waals surface area contributed by atoms with Gasteiger partial charge in [-0.2, -0.15) is 0 Å². The summed E-state index contributed by atoms with van der Waals surface area (Å²) in [6, 6.07) is 9.01. The summed E-state index contributed by atoms with van der Waals surface area (Å²) in [5.74, 6) is -0.0175. The number of para-hydroxylation sites is 1. The number of nitrogens with zero attached hydrogens (tertiary/aromatic N) is 1. The van der Waals surface area contributed by atoms with Gasteiger partial charge in [-0.1, -0.05) is 31.5 Å². The second-order valence-corrected chi connectivity index (χ2v) is 4.14. The minimum absolute atomic E-state index is 0.0175. The molecule has 3 nitrogen and oxygen atoms in total. The van der Waals surface area contributed by atoms with Crippen LogP contribution >= 0.6 is 0 Å². The van der Waals surface area contributed by atoms with Crippen LogP contribution in [0.2, 0.25) is 0 Å². The minimum Gasteiger partial charge on any atom is -0.321 e. The Bertz CT molecular complexity index is 531. The van der Waals surface area contributed by atoms with Crippen molar-refractivity contribution >= 4 is 16.7 Å². The molecule has 1 atom stereocenters. The van der Waals surface area contributed by atoms with Crippen LogP contribution in [-0.4, -0.2) is 16.8 Å². The van der Waals surface area contributed by atoms with Gasteiger partial charge in [-0.15, -0.1) is 0 Å². The van der Waals surface area contributed by atoms with Crippen molar-refractivity contribution in [1.29, 1.82) is 0 Å². The molecule has 0 saturated heterocycles. The topological polar surface area (TPSA) is 56.0 Å². The van der Waals surface area contributed by atoms with Crippen molar-refractivity contribution in [2.75, 3.05) is 0 Å². The number of aromatic nitrogens is 1. The maximum absolute atomic E-state index is 12.2. The van der Waals surface area contributed by atoms with Crippen molar-refractivity contribution < 1.29 is 4.79 Å². The van der Waals surface area contributed by atoms with E-state index in [0.29, 0.717) is 12.0 Å². The van der Waals surface area contributed by atoms with E-state index in [4.69, 9.17) is 5.73 Å². The molecule has 2 rings (SSSR count). The van der Waals surface area contributed by atoms with Crippen molar-refractivity contribution in [2.24, 2.45) is 5.73 Å². The van der Waals surface area contributed by atoms with E-state index in [1.807, 2.05) is 31.2 Å². The van der Waals surface area contributed by atoms with Crippen LogP contribution in [0.5, 0.6) is 0 Å². The molecule has 0 fully saturated rings. The van der Waals surface area contributed by atoms with Crippen molar-refractivity contribution in [3.8, 4) is 0 Å². The van der Waals surface area contributed by atoms with Crippen LogP contribution in [0.4, 0.5) is 0 Å². The molecule has 3 heteroatoms. The lowest BCUT2D eigenvalue weighted by atomic mass is 9.99. The predicted molar refractivity (Wildman–Crippen MR) is 69.0 cm³/mol. The maximum Gasteiger partial charge on any atom is 0.181 e. The number of ketones is 1. The fraction of sp³-hybridized carbons (Fsp3) is 0.286. The number of rotatable bonds is 4.